The van der Waals surface area contributed by atoms with Crippen LogP contribution in [0.25, 0.3) is 0 Å². The number of ether oxygens (including phenoxy) is 2. The molecule has 0 aromatic rings. The predicted molar refractivity (Wildman–Crippen MR) is 57.5 cm³/mol. The summed E-state index contributed by atoms with van der Waals surface area (Å²) >= 11 is 5.47. The normalized spacial score (nSPS) is 14.9. The number of hydrogen-bond donors (Lipinski definition) is 1. The summed E-state index contributed by atoms with van der Waals surface area (Å²) in [6.07, 6.45) is 2.65. The van der Waals surface area contributed by atoms with Gasteiger partial charge in [0.2, 0.25) is 0 Å². The van der Waals surface area contributed by atoms with E-state index in [2.05, 4.69) is 0 Å². The number of halogens is 1. The summed E-state index contributed by atoms with van der Waals surface area (Å²) in [6.45, 7) is 1.96. The van der Waals surface area contributed by atoms with Gasteiger partial charge in [0.25, 0.3) is 0 Å². The van der Waals surface area contributed by atoms with Crippen LogP contribution >= 0.6 is 11.6 Å². The lowest BCUT2D eigenvalue weighted by Crippen LogP contribution is -2.13. The van der Waals surface area contributed by atoms with Gasteiger partial charge in [0, 0.05) is 20.6 Å². The van der Waals surface area contributed by atoms with Crippen molar-refractivity contribution in [1.29, 1.82) is 0 Å². The van der Waals surface area contributed by atoms with Crippen molar-refractivity contribution in [3.8, 4) is 0 Å². The average molecular weight is 223 g/mol. The average Bonchev–Trinajstić information content (AvgIpc) is 2.19. The number of allylic oxidation sites excluding steroid dienone is 1. The van der Waals surface area contributed by atoms with Gasteiger partial charge in [0.15, 0.2) is 6.29 Å². The van der Waals surface area contributed by atoms with Crippen molar-refractivity contribution in [2.45, 2.75) is 32.2 Å². The van der Waals surface area contributed by atoms with Gasteiger partial charge in [0.05, 0.1) is 12.0 Å². The Bertz CT molecular complexity index is 167. The van der Waals surface area contributed by atoms with Crippen molar-refractivity contribution in [3.05, 3.63) is 11.6 Å². The lowest BCUT2D eigenvalue weighted by molar-refractivity contribution is -0.105. The molecule has 0 aromatic carbocycles. The van der Waals surface area contributed by atoms with Crippen molar-refractivity contribution < 1.29 is 14.6 Å². The molecule has 3 nitrogen and oxygen atoms in total. The van der Waals surface area contributed by atoms with Crippen molar-refractivity contribution in [3.63, 3.8) is 0 Å². The first-order valence-electron chi connectivity index (χ1n) is 4.61. The largest absolute Gasteiger partial charge is 0.388 e. The van der Waals surface area contributed by atoms with E-state index in [1.54, 1.807) is 20.3 Å². The quantitative estimate of drug-likeness (QED) is 0.407. The summed E-state index contributed by atoms with van der Waals surface area (Å²) in [7, 11) is 3.22. The molecule has 0 amide bonds. The zero-order valence-electron chi connectivity index (χ0n) is 9.00. The summed E-state index contributed by atoms with van der Waals surface area (Å²) in [5.41, 5.74) is 1.09. The third kappa shape index (κ3) is 6.38. The Morgan fingerprint density at radius 2 is 2.00 bits per heavy atom. The van der Waals surface area contributed by atoms with Gasteiger partial charge in [-0.25, -0.2) is 0 Å². The Balaban J connectivity index is 3.82. The first-order chi connectivity index (χ1) is 6.63. The standard InChI is InChI=1S/C10H19ClO3/c1-8(6-9(12)7-11)4-5-10(13-2)14-3/h6,9-10,12H,4-5,7H2,1-3H3/b8-6+. The van der Waals surface area contributed by atoms with Crippen LogP contribution < -0.4 is 0 Å². The Morgan fingerprint density at radius 1 is 1.43 bits per heavy atom. The topological polar surface area (TPSA) is 38.7 Å². The van der Waals surface area contributed by atoms with Crippen LogP contribution in [0.3, 0.4) is 0 Å². The first kappa shape index (κ1) is 13.9. The number of rotatable bonds is 7. The fourth-order valence-corrected chi connectivity index (χ4v) is 1.22. The smallest absolute Gasteiger partial charge is 0.157 e. The zero-order valence-corrected chi connectivity index (χ0v) is 9.75. The highest BCUT2D eigenvalue weighted by atomic mass is 35.5. The Hall–Kier alpha value is -0.0900. The molecule has 0 aliphatic carbocycles. The molecule has 0 aliphatic heterocycles. The Kier molecular flexibility index (Phi) is 8.18. The molecule has 0 aromatic heterocycles. The van der Waals surface area contributed by atoms with E-state index in [9.17, 15) is 5.11 Å². The molecule has 0 radical (unpaired) electrons. The van der Waals surface area contributed by atoms with E-state index < -0.39 is 6.10 Å². The maximum Gasteiger partial charge on any atom is 0.157 e. The third-order valence-electron chi connectivity index (χ3n) is 1.94. The molecular formula is C10H19ClO3. The molecule has 0 bridgehead atoms. The molecule has 0 spiro atoms. The van der Waals surface area contributed by atoms with E-state index in [0.29, 0.717) is 0 Å². The third-order valence-corrected chi connectivity index (χ3v) is 2.25. The van der Waals surface area contributed by atoms with E-state index in [-0.39, 0.29) is 12.2 Å². The summed E-state index contributed by atoms with van der Waals surface area (Å²) < 4.78 is 10.1. The molecule has 0 fully saturated rings. The van der Waals surface area contributed by atoms with Gasteiger partial charge >= 0.3 is 0 Å². The van der Waals surface area contributed by atoms with Crippen molar-refractivity contribution in [2.75, 3.05) is 20.1 Å². The van der Waals surface area contributed by atoms with Crippen LogP contribution in [-0.4, -0.2) is 37.6 Å². The van der Waals surface area contributed by atoms with E-state index >= 15 is 0 Å². The molecule has 0 heterocycles. The lowest BCUT2D eigenvalue weighted by Gasteiger charge is -2.13. The van der Waals surface area contributed by atoms with Gasteiger partial charge in [-0.15, -0.1) is 11.6 Å². The maximum absolute atomic E-state index is 9.24. The van der Waals surface area contributed by atoms with Crippen molar-refractivity contribution in [1.82, 2.24) is 0 Å². The fourth-order valence-electron chi connectivity index (χ4n) is 1.13. The van der Waals surface area contributed by atoms with Crippen molar-refractivity contribution >= 4 is 11.6 Å². The van der Waals surface area contributed by atoms with Crippen molar-refractivity contribution in [2.24, 2.45) is 0 Å². The van der Waals surface area contributed by atoms with E-state index in [0.717, 1.165) is 18.4 Å². The second-order valence-electron chi connectivity index (χ2n) is 3.17. The molecule has 1 unspecified atom stereocenters. The zero-order chi connectivity index (χ0) is 11.0. The molecule has 0 saturated carbocycles. The van der Waals surface area contributed by atoms with Crippen LogP contribution in [0.4, 0.5) is 0 Å². The summed E-state index contributed by atoms with van der Waals surface area (Å²) in [6, 6.07) is 0. The SMILES string of the molecule is COC(CC/C(C)=C/C(O)CCl)OC. The minimum atomic E-state index is -0.555. The highest BCUT2D eigenvalue weighted by molar-refractivity contribution is 6.18. The van der Waals surface area contributed by atoms with E-state index in [1.807, 2.05) is 6.92 Å². The van der Waals surface area contributed by atoms with Gasteiger partial charge in [0.1, 0.15) is 0 Å². The van der Waals surface area contributed by atoms with Crippen LogP contribution in [0.1, 0.15) is 19.8 Å². The first-order valence-corrected chi connectivity index (χ1v) is 5.14. The highest BCUT2D eigenvalue weighted by Crippen LogP contribution is 2.10. The second kappa shape index (κ2) is 8.24. The van der Waals surface area contributed by atoms with E-state index in [4.69, 9.17) is 21.1 Å². The molecule has 1 atom stereocenters. The Morgan fingerprint density at radius 3 is 2.43 bits per heavy atom. The number of aliphatic hydroxyl groups excluding tert-OH is 1. The van der Waals surface area contributed by atoms with Crippen LogP contribution in [0.2, 0.25) is 0 Å². The number of hydrogen-bond acceptors (Lipinski definition) is 3. The van der Waals surface area contributed by atoms with Gasteiger partial charge < -0.3 is 14.6 Å². The molecule has 1 N–H and O–H groups in total. The number of methoxy groups -OCH3 is 2. The molecule has 0 saturated heterocycles. The molecule has 4 heteroatoms. The molecule has 14 heavy (non-hydrogen) atoms. The lowest BCUT2D eigenvalue weighted by atomic mass is 10.1. The van der Waals surface area contributed by atoms with Crippen LogP contribution in [0.5, 0.6) is 0 Å². The summed E-state index contributed by atoms with van der Waals surface area (Å²) in [4.78, 5) is 0. The van der Waals surface area contributed by atoms with E-state index in [1.165, 1.54) is 0 Å². The van der Waals surface area contributed by atoms with Gasteiger partial charge in [-0.05, 0) is 13.3 Å². The number of aliphatic hydroxyl groups is 1. The van der Waals surface area contributed by atoms with Gasteiger partial charge in [-0.3, -0.25) is 0 Å². The maximum atomic E-state index is 9.24. The molecule has 0 aliphatic rings. The van der Waals surface area contributed by atoms with Gasteiger partial charge in [-0.2, -0.15) is 0 Å². The highest BCUT2D eigenvalue weighted by Gasteiger charge is 2.05. The monoisotopic (exact) mass is 222 g/mol. The van der Waals surface area contributed by atoms with Crippen LogP contribution in [-0.2, 0) is 9.47 Å². The minimum absolute atomic E-state index is 0.175. The fraction of sp³-hybridized carbons (Fsp3) is 0.800. The minimum Gasteiger partial charge on any atom is -0.388 e. The van der Waals surface area contributed by atoms with Crippen LogP contribution in [0.15, 0.2) is 11.6 Å². The number of alkyl halides is 1. The van der Waals surface area contributed by atoms with Gasteiger partial charge in [-0.1, -0.05) is 11.6 Å². The summed E-state index contributed by atoms with van der Waals surface area (Å²) in [5, 5.41) is 9.24. The predicted octanol–water partition coefficient (Wildman–Crippen LogP) is 1.93. The summed E-state index contributed by atoms with van der Waals surface area (Å²) in [5.74, 6) is 0.231. The van der Waals surface area contributed by atoms with Crippen LogP contribution in [0, 0.1) is 0 Å². The molecule has 84 valence electrons. The Labute approximate surface area is 90.7 Å². The molecule has 0 rings (SSSR count). The second-order valence-corrected chi connectivity index (χ2v) is 3.48. The molecular weight excluding hydrogens is 204 g/mol.